The van der Waals surface area contributed by atoms with Gasteiger partial charge >= 0.3 is 0 Å². The van der Waals surface area contributed by atoms with Crippen LogP contribution < -0.4 is 5.32 Å². The van der Waals surface area contributed by atoms with E-state index < -0.39 is 0 Å². The average molecular weight is 221 g/mol. The van der Waals surface area contributed by atoms with Crippen molar-refractivity contribution < 1.29 is 0 Å². The van der Waals surface area contributed by atoms with E-state index in [9.17, 15) is 0 Å². The third-order valence-corrected chi connectivity index (χ3v) is 3.62. The van der Waals surface area contributed by atoms with Crippen LogP contribution in [0.5, 0.6) is 0 Å². The van der Waals surface area contributed by atoms with Crippen LogP contribution in [-0.2, 0) is 13.0 Å². The normalized spacial score (nSPS) is 18.4. The molecule has 0 saturated carbocycles. The van der Waals surface area contributed by atoms with Crippen LogP contribution in [-0.4, -0.2) is 22.9 Å². The number of hydrogen-bond acceptors (Lipinski definition) is 2. The fourth-order valence-corrected chi connectivity index (χ4v) is 2.80. The van der Waals surface area contributed by atoms with Gasteiger partial charge in [-0.2, -0.15) is 5.10 Å². The average Bonchev–Trinajstić information content (AvgIpc) is 2.55. The molecule has 1 saturated heterocycles. The van der Waals surface area contributed by atoms with E-state index in [1.54, 1.807) is 0 Å². The number of nitrogens with zero attached hydrogens (tertiary/aromatic N) is 2. The lowest BCUT2D eigenvalue weighted by atomic mass is 9.74. The van der Waals surface area contributed by atoms with E-state index in [0.717, 1.165) is 12.2 Å². The molecule has 0 aliphatic carbocycles. The summed E-state index contributed by atoms with van der Waals surface area (Å²) in [6.07, 6.45) is 3.79. The minimum Gasteiger partial charge on any atom is -0.316 e. The maximum absolute atomic E-state index is 4.53. The number of aryl methyl sites for hydroxylation is 2. The smallest absolute Gasteiger partial charge is 0.0596 e. The van der Waals surface area contributed by atoms with Crippen LogP contribution in [0, 0.1) is 12.3 Å². The third-order valence-electron chi connectivity index (χ3n) is 3.62. The summed E-state index contributed by atoms with van der Waals surface area (Å²) in [4.78, 5) is 0. The van der Waals surface area contributed by atoms with Gasteiger partial charge in [-0.1, -0.05) is 13.3 Å². The van der Waals surface area contributed by atoms with Crippen molar-refractivity contribution in [3.63, 3.8) is 0 Å². The molecule has 3 heteroatoms. The molecule has 1 aliphatic rings. The Morgan fingerprint density at radius 2 is 2.19 bits per heavy atom. The molecular weight excluding hydrogens is 198 g/mol. The Hall–Kier alpha value is -0.830. The Balaban J connectivity index is 2.12. The van der Waals surface area contributed by atoms with Crippen LogP contribution in [0.25, 0.3) is 0 Å². The van der Waals surface area contributed by atoms with Gasteiger partial charge in [-0.25, -0.2) is 0 Å². The fourth-order valence-electron chi connectivity index (χ4n) is 2.80. The van der Waals surface area contributed by atoms with Gasteiger partial charge in [-0.3, -0.25) is 4.68 Å². The highest BCUT2D eigenvalue weighted by Gasteiger charge is 2.36. The minimum absolute atomic E-state index is 0.508. The highest BCUT2D eigenvalue weighted by molar-refractivity contribution is 5.13. The highest BCUT2D eigenvalue weighted by atomic mass is 15.3. The van der Waals surface area contributed by atoms with Gasteiger partial charge in [0.1, 0.15) is 0 Å². The first-order valence-corrected chi connectivity index (χ1v) is 6.43. The largest absolute Gasteiger partial charge is 0.316 e. The van der Waals surface area contributed by atoms with Crippen molar-refractivity contribution in [3.8, 4) is 0 Å². The van der Waals surface area contributed by atoms with Gasteiger partial charge in [0.05, 0.1) is 5.69 Å². The predicted molar refractivity (Wildman–Crippen MR) is 66.6 cm³/mol. The maximum atomic E-state index is 4.53. The zero-order chi connectivity index (χ0) is 11.6. The molecule has 0 atom stereocenters. The van der Waals surface area contributed by atoms with E-state index in [0.29, 0.717) is 5.41 Å². The first-order valence-electron chi connectivity index (χ1n) is 6.43. The molecule has 1 aromatic heterocycles. The van der Waals surface area contributed by atoms with Crippen molar-refractivity contribution in [2.24, 2.45) is 5.41 Å². The second-order valence-electron chi connectivity index (χ2n) is 5.12. The third kappa shape index (κ3) is 2.14. The predicted octanol–water partition coefficient (Wildman–Crippen LogP) is 2.14. The Morgan fingerprint density at radius 3 is 2.69 bits per heavy atom. The van der Waals surface area contributed by atoms with Gasteiger partial charge < -0.3 is 5.32 Å². The van der Waals surface area contributed by atoms with Crippen LogP contribution in [0.1, 0.15) is 38.1 Å². The summed E-state index contributed by atoms with van der Waals surface area (Å²) in [6.45, 7) is 9.87. The number of aromatic nitrogens is 2. The van der Waals surface area contributed by atoms with E-state index >= 15 is 0 Å². The van der Waals surface area contributed by atoms with Crippen LogP contribution in [0.3, 0.4) is 0 Å². The first kappa shape index (κ1) is 11.6. The summed E-state index contributed by atoms with van der Waals surface area (Å²) < 4.78 is 2.16. The van der Waals surface area contributed by atoms with Crippen molar-refractivity contribution in [2.75, 3.05) is 13.1 Å². The van der Waals surface area contributed by atoms with E-state index in [4.69, 9.17) is 0 Å². The SMILES string of the molecule is CCCC1(Cc2cc(C)nn2CC)CNC1. The summed E-state index contributed by atoms with van der Waals surface area (Å²) in [5.41, 5.74) is 3.07. The monoisotopic (exact) mass is 221 g/mol. The van der Waals surface area contributed by atoms with E-state index in [2.05, 4.69) is 41.9 Å². The second kappa shape index (κ2) is 4.58. The Labute approximate surface area is 98.2 Å². The molecule has 0 amide bonds. The van der Waals surface area contributed by atoms with Gasteiger partial charge in [0.15, 0.2) is 0 Å². The van der Waals surface area contributed by atoms with Gasteiger partial charge in [0.2, 0.25) is 0 Å². The number of hydrogen-bond donors (Lipinski definition) is 1. The van der Waals surface area contributed by atoms with E-state index in [-0.39, 0.29) is 0 Å². The molecule has 1 fully saturated rings. The van der Waals surface area contributed by atoms with Crippen LogP contribution >= 0.6 is 0 Å². The molecule has 0 radical (unpaired) electrons. The molecule has 0 aromatic carbocycles. The Morgan fingerprint density at radius 1 is 1.44 bits per heavy atom. The number of rotatable bonds is 5. The second-order valence-corrected chi connectivity index (χ2v) is 5.12. The van der Waals surface area contributed by atoms with Crippen molar-refractivity contribution in [3.05, 3.63) is 17.5 Å². The Bertz CT molecular complexity index is 350. The van der Waals surface area contributed by atoms with Crippen LogP contribution in [0.15, 0.2) is 6.07 Å². The highest BCUT2D eigenvalue weighted by Crippen LogP contribution is 2.32. The zero-order valence-electron chi connectivity index (χ0n) is 10.7. The van der Waals surface area contributed by atoms with Gasteiger partial charge in [-0.15, -0.1) is 0 Å². The summed E-state index contributed by atoms with van der Waals surface area (Å²) >= 11 is 0. The molecule has 1 aromatic rings. The van der Waals surface area contributed by atoms with E-state index in [1.165, 1.54) is 38.0 Å². The standard InChI is InChI=1S/C13H23N3/c1-4-6-13(9-14-10-13)8-12-7-11(3)15-16(12)5-2/h7,14H,4-6,8-10H2,1-3H3. The maximum Gasteiger partial charge on any atom is 0.0596 e. The molecule has 16 heavy (non-hydrogen) atoms. The summed E-state index contributed by atoms with van der Waals surface area (Å²) in [6, 6.07) is 2.25. The molecular formula is C13H23N3. The minimum atomic E-state index is 0.508. The summed E-state index contributed by atoms with van der Waals surface area (Å²) in [5.74, 6) is 0. The lowest BCUT2D eigenvalue weighted by Crippen LogP contribution is -2.54. The van der Waals surface area contributed by atoms with Crippen LogP contribution in [0.4, 0.5) is 0 Å². The van der Waals surface area contributed by atoms with Gasteiger partial charge in [0.25, 0.3) is 0 Å². The van der Waals surface area contributed by atoms with Crippen LogP contribution in [0.2, 0.25) is 0 Å². The topological polar surface area (TPSA) is 29.9 Å². The first-order chi connectivity index (χ1) is 7.69. The van der Waals surface area contributed by atoms with E-state index in [1.807, 2.05) is 0 Å². The lowest BCUT2D eigenvalue weighted by Gasteiger charge is -2.43. The molecule has 90 valence electrons. The molecule has 3 nitrogen and oxygen atoms in total. The molecule has 2 rings (SSSR count). The lowest BCUT2D eigenvalue weighted by molar-refractivity contribution is 0.147. The molecule has 1 N–H and O–H groups in total. The van der Waals surface area contributed by atoms with Crippen molar-refractivity contribution >= 4 is 0 Å². The van der Waals surface area contributed by atoms with Crippen molar-refractivity contribution in [2.45, 2.75) is 46.6 Å². The Kier molecular flexibility index (Phi) is 3.33. The summed E-state index contributed by atoms with van der Waals surface area (Å²) in [5, 5.41) is 7.95. The van der Waals surface area contributed by atoms with Gasteiger partial charge in [-0.05, 0) is 32.8 Å². The zero-order valence-corrected chi connectivity index (χ0v) is 10.7. The van der Waals surface area contributed by atoms with Gasteiger partial charge in [0, 0.05) is 30.7 Å². The van der Waals surface area contributed by atoms with Crippen molar-refractivity contribution in [1.82, 2.24) is 15.1 Å². The number of nitrogens with one attached hydrogen (secondary N) is 1. The summed E-state index contributed by atoms with van der Waals surface area (Å²) in [7, 11) is 0. The molecule has 0 bridgehead atoms. The molecule has 1 aliphatic heterocycles. The van der Waals surface area contributed by atoms with Crippen molar-refractivity contribution in [1.29, 1.82) is 0 Å². The molecule has 2 heterocycles. The molecule has 0 spiro atoms. The molecule has 0 unspecified atom stereocenters. The fraction of sp³-hybridized carbons (Fsp3) is 0.769. The quantitative estimate of drug-likeness (QED) is 0.825.